The fourth-order valence-electron chi connectivity index (χ4n) is 1.34. The van der Waals surface area contributed by atoms with Gasteiger partial charge in [0.2, 0.25) is 0 Å². The summed E-state index contributed by atoms with van der Waals surface area (Å²) in [5.74, 6) is -0.894. The van der Waals surface area contributed by atoms with Crippen LogP contribution in [0.15, 0.2) is 24.3 Å². The molecule has 1 aromatic rings. The number of rotatable bonds is 4. The number of ether oxygens (including phenoxy) is 1. The van der Waals surface area contributed by atoms with E-state index in [0.29, 0.717) is 11.1 Å². The number of hydrogen-bond acceptors (Lipinski definition) is 4. The maximum Gasteiger partial charge on any atom is 0.328 e. The first-order chi connectivity index (χ1) is 8.58. The van der Waals surface area contributed by atoms with Crippen LogP contribution in [0.3, 0.4) is 0 Å². The molecule has 0 spiro atoms. The Labute approximate surface area is 105 Å². The Kier molecular flexibility index (Phi) is 4.88. The van der Waals surface area contributed by atoms with E-state index in [1.54, 1.807) is 32.0 Å². The van der Waals surface area contributed by atoms with E-state index in [1.807, 2.05) is 6.07 Å². The number of carbonyl (C=O) groups is 2. The minimum absolute atomic E-state index is 0.267. The van der Waals surface area contributed by atoms with Crippen molar-refractivity contribution in [2.45, 2.75) is 19.9 Å². The summed E-state index contributed by atoms with van der Waals surface area (Å²) in [6.45, 7) is 3.51. The Hall–Kier alpha value is -2.35. The van der Waals surface area contributed by atoms with Gasteiger partial charge in [-0.3, -0.25) is 4.79 Å². The average molecular weight is 246 g/mol. The van der Waals surface area contributed by atoms with Gasteiger partial charge in [0.25, 0.3) is 5.91 Å². The molecule has 1 amide bonds. The number of nitrogens with zero attached hydrogens (tertiary/aromatic N) is 1. The summed E-state index contributed by atoms with van der Waals surface area (Å²) < 4.78 is 4.78. The second-order valence-corrected chi connectivity index (χ2v) is 3.64. The second kappa shape index (κ2) is 6.40. The molecule has 5 heteroatoms. The van der Waals surface area contributed by atoms with Crippen LogP contribution in [0.25, 0.3) is 0 Å². The van der Waals surface area contributed by atoms with Gasteiger partial charge in [0.1, 0.15) is 6.04 Å². The first-order valence-corrected chi connectivity index (χ1v) is 5.56. The summed E-state index contributed by atoms with van der Waals surface area (Å²) >= 11 is 0. The fourth-order valence-corrected chi connectivity index (χ4v) is 1.34. The zero-order valence-electron chi connectivity index (χ0n) is 10.3. The minimum atomic E-state index is -0.719. The van der Waals surface area contributed by atoms with Crippen LogP contribution in [0, 0.1) is 11.3 Å². The van der Waals surface area contributed by atoms with Gasteiger partial charge in [0.05, 0.1) is 18.2 Å². The lowest BCUT2D eigenvalue weighted by molar-refractivity contribution is -0.144. The highest BCUT2D eigenvalue weighted by molar-refractivity contribution is 5.96. The minimum Gasteiger partial charge on any atom is -0.464 e. The molecule has 5 nitrogen and oxygen atoms in total. The summed E-state index contributed by atoms with van der Waals surface area (Å²) in [6, 6.07) is 7.49. The topological polar surface area (TPSA) is 79.2 Å². The zero-order chi connectivity index (χ0) is 13.5. The standard InChI is InChI=1S/C13H14N2O3/c1-3-18-13(17)9(2)15-12(16)11-6-4-5-10(7-11)8-14/h4-7,9H,3H2,1-2H3,(H,15,16). The van der Waals surface area contributed by atoms with Gasteiger partial charge in [-0.1, -0.05) is 6.07 Å². The van der Waals surface area contributed by atoms with Crippen molar-refractivity contribution in [1.29, 1.82) is 5.26 Å². The first-order valence-electron chi connectivity index (χ1n) is 5.56. The quantitative estimate of drug-likeness (QED) is 0.810. The van der Waals surface area contributed by atoms with Crippen molar-refractivity contribution in [2.75, 3.05) is 6.61 Å². The van der Waals surface area contributed by atoms with Crippen LogP contribution in [-0.2, 0) is 9.53 Å². The van der Waals surface area contributed by atoms with E-state index in [2.05, 4.69) is 5.32 Å². The largest absolute Gasteiger partial charge is 0.464 e. The maximum absolute atomic E-state index is 11.8. The molecule has 1 unspecified atom stereocenters. The number of carbonyl (C=O) groups excluding carboxylic acids is 2. The van der Waals surface area contributed by atoms with E-state index in [0.717, 1.165) is 0 Å². The Morgan fingerprint density at radius 2 is 2.22 bits per heavy atom. The van der Waals surface area contributed by atoms with Crippen LogP contribution in [0.1, 0.15) is 29.8 Å². The molecule has 1 rings (SSSR count). The van der Waals surface area contributed by atoms with Crippen LogP contribution in [-0.4, -0.2) is 24.5 Å². The summed E-state index contributed by atoms with van der Waals surface area (Å²) in [7, 11) is 0. The summed E-state index contributed by atoms with van der Waals surface area (Å²) in [5.41, 5.74) is 0.733. The molecule has 1 atom stereocenters. The van der Waals surface area contributed by atoms with Gasteiger partial charge < -0.3 is 10.1 Å². The van der Waals surface area contributed by atoms with Gasteiger partial charge in [-0.05, 0) is 32.0 Å². The molecule has 1 aromatic carbocycles. The molecule has 0 aliphatic carbocycles. The molecule has 0 fully saturated rings. The number of esters is 1. The van der Waals surface area contributed by atoms with Crippen LogP contribution in [0.4, 0.5) is 0 Å². The molecular weight excluding hydrogens is 232 g/mol. The number of nitriles is 1. The third-order valence-corrected chi connectivity index (χ3v) is 2.24. The van der Waals surface area contributed by atoms with Crippen molar-refractivity contribution >= 4 is 11.9 Å². The predicted molar refractivity (Wildman–Crippen MR) is 64.7 cm³/mol. The van der Waals surface area contributed by atoms with Crippen molar-refractivity contribution in [2.24, 2.45) is 0 Å². The van der Waals surface area contributed by atoms with Gasteiger partial charge in [0, 0.05) is 5.56 Å². The van der Waals surface area contributed by atoms with Crippen LogP contribution < -0.4 is 5.32 Å². The zero-order valence-corrected chi connectivity index (χ0v) is 10.3. The lowest BCUT2D eigenvalue weighted by atomic mass is 10.1. The van der Waals surface area contributed by atoms with E-state index in [9.17, 15) is 9.59 Å². The van der Waals surface area contributed by atoms with Crippen LogP contribution in [0.2, 0.25) is 0 Å². The second-order valence-electron chi connectivity index (χ2n) is 3.64. The smallest absolute Gasteiger partial charge is 0.328 e. The van der Waals surface area contributed by atoms with E-state index in [4.69, 9.17) is 10.00 Å². The van der Waals surface area contributed by atoms with Crippen molar-refractivity contribution in [1.82, 2.24) is 5.32 Å². The Morgan fingerprint density at radius 1 is 1.50 bits per heavy atom. The molecule has 1 N–H and O–H groups in total. The predicted octanol–water partition coefficient (Wildman–Crippen LogP) is 1.24. The van der Waals surface area contributed by atoms with Gasteiger partial charge in [-0.15, -0.1) is 0 Å². The third kappa shape index (κ3) is 3.59. The van der Waals surface area contributed by atoms with Crippen molar-refractivity contribution in [3.8, 4) is 6.07 Å². The van der Waals surface area contributed by atoms with Gasteiger partial charge in [-0.2, -0.15) is 5.26 Å². The molecule has 18 heavy (non-hydrogen) atoms. The molecule has 0 aromatic heterocycles. The number of amides is 1. The third-order valence-electron chi connectivity index (χ3n) is 2.24. The molecule has 0 aliphatic rings. The lowest BCUT2D eigenvalue weighted by Gasteiger charge is -2.12. The molecule has 0 aliphatic heterocycles. The van der Waals surface area contributed by atoms with Crippen LogP contribution >= 0.6 is 0 Å². The van der Waals surface area contributed by atoms with Gasteiger partial charge >= 0.3 is 5.97 Å². The summed E-state index contributed by atoms with van der Waals surface area (Å²) in [4.78, 5) is 23.1. The van der Waals surface area contributed by atoms with E-state index >= 15 is 0 Å². The lowest BCUT2D eigenvalue weighted by Crippen LogP contribution is -2.39. The Balaban J connectivity index is 2.71. The maximum atomic E-state index is 11.8. The first kappa shape index (κ1) is 13.7. The summed E-state index contributed by atoms with van der Waals surface area (Å²) in [6.07, 6.45) is 0. The van der Waals surface area contributed by atoms with Crippen molar-refractivity contribution in [3.05, 3.63) is 35.4 Å². The molecular formula is C13H14N2O3. The SMILES string of the molecule is CCOC(=O)C(C)NC(=O)c1cccc(C#N)c1. The van der Waals surface area contributed by atoms with Crippen molar-refractivity contribution < 1.29 is 14.3 Å². The highest BCUT2D eigenvalue weighted by Crippen LogP contribution is 2.04. The number of hydrogen-bond donors (Lipinski definition) is 1. The molecule has 0 heterocycles. The highest BCUT2D eigenvalue weighted by atomic mass is 16.5. The van der Waals surface area contributed by atoms with E-state index in [1.165, 1.54) is 6.07 Å². The van der Waals surface area contributed by atoms with Gasteiger partial charge in [0.15, 0.2) is 0 Å². The number of benzene rings is 1. The summed E-state index contributed by atoms with van der Waals surface area (Å²) in [5, 5.41) is 11.2. The molecule has 94 valence electrons. The molecule has 0 bridgehead atoms. The monoisotopic (exact) mass is 246 g/mol. The fraction of sp³-hybridized carbons (Fsp3) is 0.308. The normalized spacial score (nSPS) is 11.2. The molecule has 0 saturated heterocycles. The number of nitrogens with one attached hydrogen (secondary N) is 1. The van der Waals surface area contributed by atoms with Crippen molar-refractivity contribution in [3.63, 3.8) is 0 Å². The Morgan fingerprint density at radius 3 is 2.83 bits per heavy atom. The van der Waals surface area contributed by atoms with Gasteiger partial charge in [-0.25, -0.2) is 4.79 Å². The average Bonchev–Trinajstić information content (AvgIpc) is 2.39. The molecule has 0 saturated carbocycles. The van der Waals surface area contributed by atoms with Crippen LogP contribution in [0.5, 0.6) is 0 Å². The molecule has 0 radical (unpaired) electrons. The van der Waals surface area contributed by atoms with E-state index < -0.39 is 17.9 Å². The Bertz CT molecular complexity index is 491. The van der Waals surface area contributed by atoms with E-state index in [-0.39, 0.29) is 6.61 Å². The highest BCUT2D eigenvalue weighted by Gasteiger charge is 2.17.